The Kier molecular flexibility index (Phi) is 4.45. The molecule has 0 atom stereocenters. The van der Waals surface area contributed by atoms with E-state index in [1.165, 1.54) is 22.6 Å². The Hall–Kier alpha value is -1.79. The molecule has 4 heteroatoms. The lowest BCUT2D eigenvalue weighted by Crippen LogP contribution is -2.45. The molecule has 24 heavy (non-hydrogen) atoms. The zero-order chi connectivity index (χ0) is 17.4. The molecular weight excluding hydrogens is 324 g/mol. The summed E-state index contributed by atoms with van der Waals surface area (Å²) in [5.74, 6) is 0. The first-order chi connectivity index (χ1) is 11.3. The van der Waals surface area contributed by atoms with Crippen molar-refractivity contribution in [3.8, 4) is 0 Å². The predicted octanol–water partition coefficient (Wildman–Crippen LogP) is 5.39. The fourth-order valence-electron chi connectivity index (χ4n) is 3.37. The van der Waals surface area contributed by atoms with E-state index in [4.69, 9.17) is 9.32 Å². The van der Waals surface area contributed by atoms with Crippen molar-refractivity contribution in [2.24, 2.45) is 9.32 Å². The van der Waals surface area contributed by atoms with Gasteiger partial charge in [-0.2, -0.15) is 0 Å². The molecule has 1 aliphatic heterocycles. The molecule has 0 aliphatic carbocycles. The molecule has 1 aliphatic rings. The molecule has 0 unspecified atom stereocenters. The van der Waals surface area contributed by atoms with Gasteiger partial charge in [0.15, 0.2) is 0 Å². The van der Waals surface area contributed by atoms with Gasteiger partial charge < -0.3 is 0 Å². The summed E-state index contributed by atoms with van der Waals surface area (Å²) in [4.78, 5) is 0. The number of benzene rings is 2. The normalized spacial score (nSPS) is 18.0. The zero-order valence-corrected chi connectivity index (χ0v) is 17.2. The molecule has 124 valence electrons. The van der Waals surface area contributed by atoms with E-state index in [0.717, 1.165) is 0 Å². The molecule has 0 saturated carbocycles. The van der Waals surface area contributed by atoms with Crippen molar-refractivity contribution in [3.05, 3.63) is 71.8 Å². The predicted molar refractivity (Wildman–Crippen MR) is 111 cm³/mol. The third-order valence-electron chi connectivity index (χ3n) is 4.34. The Balaban J connectivity index is 2.20. The molecule has 2 nitrogen and oxygen atoms in total. The second-order valence-electron chi connectivity index (χ2n) is 8.02. The maximum absolute atomic E-state index is 5.21. The summed E-state index contributed by atoms with van der Waals surface area (Å²) < 4.78 is 10.4. The van der Waals surface area contributed by atoms with E-state index in [1.807, 2.05) is 0 Å². The summed E-state index contributed by atoms with van der Waals surface area (Å²) in [6.07, 6.45) is 0. The van der Waals surface area contributed by atoms with Crippen molar-refractivity contribution in [2.45, 2.75) is 38.3 Å². The third kappa shape index (κ3) is 3.49. The fourth-order valence-corrected chi connectivity index (χ4v) is 7.48. The molecule has 0 radical (unpaired) electrons. The molecule has 1 heterocycles. The van der Waals surface area contributed by atoms with Gasteiger partial charge in [0, 0.05) is 17.0 Å². The number of hydrogen-bond donors (Lipinski definition) is 0. The van der Waals surface area contributed by atoms with Gasteiger partial charge in [-0.3, -0.25) is 9.32 Å². The highest BCUT2D eigenvalue weighted by molar-refractivity contribution is 6.88. The molecule has 3 rings (SSSR count). The van der Waals surface area contributed by atoms with Gasteiger partial charge in [-0.1, -0.05) is 80.3 Å². The van der Waals surface area contributed by atoms with Crippen LogP contribution in [0.15, 0.2) is 70.0 Å². The highest BCUT2D eigenvalue weighted by Crippen LogP contribution is 2.36. The van der Waals surface area contributed by atoms with Crippen LogP contribution < -0.4 is 0 Å². The van der Waals surface area contributed by atoms with Crippen LogP contribution in [0.1, 0.15) is 11.1 Å². The van der Waals surface area contributed by atoms with E-state index in [1.54, 1.807) is 0 Å². The van der Waals surface area contributed by atoms with Gasteiger partial charge in [-0.15, -0.1) is 0 Å². The number of hydrogen-bond acceptors (Lipinski definition) is 2. The first-order valence-electron chi connectivity index (χ1n) is 8.58. The Bertz CT molecular complexity index is 713. The Morgan fingerprint density at radius 2 is 1.08 bits per heavy atom. The van der Waals surface area contributed by atoms with Crippen LogP contribution in [0.4, 0.5) is 0 Å². The highest BCUT2D eigenvalue weighted by atomic mass is 28.3. The smallest absolute Gasteiger partial charge is 0.296 e. The van der Waals surface area contributed by atoms with Gasteiger partial charge in [0.1, 0.15) is 0 Å². The molecule has 0 aromatic heterocycles. The van der Waals surface area contributed by atoms with E-state index in [2.05, 4.69) is 93.4 Å². The van der Waals surface area contributed by atoms with Crippen LogP contribution in [0, 0.1) is 0 Å². The summed E-state index contributed by atoms with van der Waals surface area (Å²) in [7, 11) is -3.55. The maximum atomic E-state index is 5.21. The second kappa shape index (κ2) is 6.26. The Labute approximate surface area is 147 Å². The topological polar surface area (TPSA) is 24.7 Å². The summed E-state index contributed by atoms with van der Waals surface area (Å²) in [6.45, 7) is 11.7. The second-order valence-corrected chi connectivity index (χ2v) is 16.8. The minimum Gasteiger partial charge on any atom is -0.299 e. The molecule has 0 saturated heterocycles. The lowest BCUT2D eigenvalue weighted by Gasteiger charge is -2.37. The van der Waals surface area contributed by atoms with E-state index < -0.39 is 16.5 Å². The Morgan fingerprint density at radius 3 is 1.42 bits per heavy atom. The molecule has 0 amide bonds. The van der Waals surface area contributed by atoms with Crippen LogP contribution in [-0.2, 0) is 0 Å². The van der Waals surface area contributed by atoms with Gasteiger partial charge >= 0.3 is 0 Å². The van der Waals surface area contributed by atoms with Crippen molar-refractivity contribution in [1.82, 2.24) is 0 Å². The number of nitrogens with zero attached hydrogens (tertiary/aromatic N) is 2. The van der Waals surface area contributed by atoms with E-state index in [0.29, 0.717) is 5.54 Å². The van der Waals surface area contributed by atoms with E-state index in [9.17, 15) is 0 Å². The van der Waals surface area contributed by atoms with Crippen molar-refractivity contribution in [2.75, 3.05) is 0 Å². The van der Waals surface area contributed by atoms with Crippen LogP contribution in [-0.4, -0.2) is 27.9 Å². The average Bonchev–Trinajstić information content (AvgIpc) is 2.54. The van der Waals surface area contributed by atoms with Gasteiger partial charge in [-0.25, -0.2) is 0 Å². The largest absolute Gasteiger partial charge is 0.299 e. The standard InChI is InChI=1S/C20H26N2Si2/c1-23(2,3)20-18(16-12-8-6-9-13-16)21-24(4,5)22-19(20)17-14-10-7-11-15-17/h6-15,20H,1-5H3. The first-order valence-corrected chi connectivity index (χ1v) is 15.1. The SMILES string of the molecule is C[Si]1(C)N=C(c2ccccc2)C([Si](C)(C)C)C(c2ccccc2)=N1. The lowest BCUT2D eigenvalue weighted by molar-refractivity contribution is 1.28. The van der Waals surface area contributed by atoms with Crippen LogP contribution >= 0.6 is 0 Å². The first kappa shape index (κ1) is 17.1. The Morgan fingerprint density at radius 1 is 0.708 bits per heavy atom. The van der Waals surface area contributed by atoms with Gasteiger partial charge in [0.2, 0.25) is 0 Å². The van der Waals surface area contributed by atoms with Gasteiger partial charge in [-0.05, 0) is 24.2 Å². The van der Waals surface area contributed by atoms with Crippen molar-refractivity contribution in [1.29, 1.82) is 0 Å². The van der Waals surface area contributed by atoms with Crippen LogP contribution in [0.3, 0.4) is 0 Å². The molecule has 0 spiro atoms. The molecule has 0 fully saturated rings. The van der Waals surface area contributed by atoms with Crippen LogP contribution in [0.2, 0.25) is 38.3 Å². The average molecular weight is 351 g/mol. The van der Waals surface area contributed by atoms with E-state index in [-0.39, 0.29) is 0 Å². The number of rotatable bonds is 3. The molecule has 2 aromatic rings. The molecular formula is C20H26N2Si2. The van der Waals surface area contributed by atoms with Crippen LogP contribution in [0.25, 0.3) is 0 Å². The van der Waals surface area contributed by atoms with Crippen molar-refractivity contribution < 1.29 is 0 Å². The van der Waals surface area contributed by atoms with Crippen molar-refractivity contribution in [3.63, 3.8) is 0 Å². The molecule has 0 N–H and O–H groups in total. The summed E-state index contributed by atoms with van der Waals surface area (Å²) in [5, 5.41) is 0. The van der Waals surface area contributed by atoms with Crippen molar-refractivity contribution >= 4 is 27.9 Å². The molecule has 0 bridgehead atoms. The third-order valence-corrected chi connectivity index (χ3v) is 8.20. The summed E-state index contributed by atoms with van der Waals surface area (Å²) >= 11 is 0. The highest BCUT2D eigenvalue weighted by Gasteiger charge is 2.41. The summed E-state index contributed by atoms with van der Waals surface area (Å²) in [5.41, 5.74) is 5.38. The van der Waals surface area contributed by atoms with Gasteiger partial charge in [0.05, 0.1) is 8.07 Å². The zero-order valence-electron chi connectivity index (χ0n) is 15.2. The molecule has 2 aromatic carbocycles. The minimum atomic E-state index is -2.00. The fraction of sp³-hybridized carbons (Fsp3) is 0.300. The van der Waals surface area contributed by atoms with E-state index >= 15 is 0 Å². The van der Waals surface area contributed by atoms with Gasteiger partial charge in [0.25, 0.3) is 8.40 Å². The summed E-state index contributed by atoms with van der Waals surface area (Å²) in [6, 6.07) is 21.4. The maximum Gasteiger partial charge on any atom is 0.296 e. The lowest BCUT2D eigenvalue weighted by atomic mass is 9.99. The van der Waals surface area contributed by atoms with Crippen LogP contribution in [0.5, 0.6) is 0 Å². The quantitative estimate of drug-likeness (QED) is 0.663. The minimum absolute atomic E-state index is 0.336. The monoisotopic (exact) mass is 350 g/mol.